The number of imide groups is 1. The zero-order valence-corrected chi connectivity index (χ0v) is 18.5. The average Bonchev–Trinajstić information content (AvgIpc) is 3.03. The molecule has 33 heavy (non-hydrogen) atoms. The second kappa shape index (κ2) is 9.24. The first-order chi connectivity index (χ1) is 15.8. The first-order valence-electron chi connectivity index (χ1n) is 10.8. The van der Waals surface area contributed by atoms with Gasteiger partial charge in [0.15, 0.2) is 6.10 Å². The molecule has 7 nitrogen and oxygen atoms in total. The van der Waals surface area contributed by atoms with Crippen LogP contribution in [0.2, 0.25) is 0 Å². The van der Waals surface area contributed by atoms with Gasteiger partial charge in [0.25, 0.3) is 17.7 Å². The topological polar surface area (TPSA) is 92.8 Å². The number of carbonyl (C=O) groups excluding carboxylic acids is 4. The van der Waals surface area contributed by atoms with E-state index >= 15 is 0 Å². The maximum atomic E-state index is 12.5. The van der Waals surface area contributed by atoms with E-state index in [0.29, 0.717) is 16.8 Å². The molecule has 3 aromatic rings. The van der Waals surface area contributed by atoms with Crippen molar-refractivity contribution in [3.63, 3.8) is 0 Å². The quantitative estimate of drug-likeness (QED) is 0.438. The molecule has 0 bridgehead atoms. The number of nitrogens with one attached hydrogen (secondary N) is 1. The predicted molar refractivity (Wildman–Crippen MR) is 124 cm³/mol. The third-order valence-electron chi connectivity index (χ3n) is 5.61. The van der Waals surface area contributed by atoms with Gasteiger partial charge in [-0.15, -0.1) is 0 Å². The van der Waals surface area contributed by atoms with Gasteiger partial charge in [-0.25, -0.2) is 0 Å². The van der Waals surface area contributed by atoms with Crippen LogP contribution in [0.1, 0.15) is 46.0 Å². The molecule has 168 valence electrons. The summed E-state index contributed by atoms with van der Waals surface area (Å²) >= 11 is 0. The minimum Gasteiger partial charge on any atom is -0.453 e. The van der Waals surface area contributed by atoms with Gasteiger partial charge in [-0.05, 0) is 43.9 Å². The summed E-state index contributed by atoms with van der Waals surface area (Å²) in [6, 6.07) is 18.4. The molecule has 7 heteroatoms. The molecule has 0 fully saturated rings. The smallest absolute Gasteiger partial charge is 0.306 e. The Kier molecular flexibility index (Phi) is 6.22. The lowest BCUT2D eigenvalue weighted by atomic mass is 10.1. The molecule has 1 heterocycles. The number of esters is 1. The van der Waals surface area contributed by atoms with E-state index < -0.39 is 18.0 Å². The van der Waals surface area contributed by atoms with Crippen molar-refractivity contribution < 1.29 is 23.9 Å². The van der Waals surface area contributed by atoms with E-state index in [2.05, 4.69) is 5.32 Å². The molecule has 1 aliphatic heterocycles. The van der Waals surface area contributed by atoms with Crippen molar-refractivity contribution in [2.75, 3.05) is 11.9 Å². The van der Waals surface area contributed by atoms with Gasteiger partial charge >= 0.3 is 5.97 Å². The third-order valence-corrected chi connectivity index (χ3v) is 5.61. The van der Waals surface area contributed by atoms with Gasteiger partial charge in [0.05, 0.1) is 11.1 Å². The lowest BCUT2D eigenvalue weighted by molar-refractivity contribution is -0.153. The number of hydrogen-bond acceptors (Lipinski definition) is 5. The number of hydrogen-bond donors (Lipinski definition) is 1. The van der Waals surface area contributed by atoms with Crippen LogP contribution in [0.25, 0.3) is 10.8 Å². The molecule has 0 aromatic heterocycles. The molecule has 0 aliphatic carbocycles. The van der Waals surface area contributed by atoms with E-state index in [9.17, 15) is 19.2 Å². The van der Waals surface area contributed by atoms with Crippen molar-refractivity contribution in [1.82, 2.24) is 4.90 Å². The van der Waals surface area contributed by atoms with Crippen LogP contribution in [-0.2, 0) is 14.3 Å². The van der Waals surface area contributed by atoms with Crippen LogP contribution in [0.3, 0.4) is 0 Å². The van der Waals surface area contributed by atoms with Gasteiger partial charge < -0.3 is 10.1 Å². The summed E-state index contributed by atoms with van der Waals surface area (Å²) in [7, 11) is 0. The van der Waals surface area contributed by atoms with E-state index in [-0.39, 0.29) is 31.2 Å². The molecule has 1 atom stereocenters. The third kappa shape index (κ3) is 4.62. The van der Waals surface area contributed by atoms with E-state index in [1.165, 1.54) is 6.92 Å². The zero-order chi connectivity index (χ0) is 23.5. The lowest BCUT2D eigenvalue weighted by Gasteiger charge is -2.16. The number of anilines is 1. The minimum absolute atomic E-state index is 0.0156. The van der Waals surface area contributed by atoms with Crippen LogP contribution in [0.15, 0.2) is 60.7 Å². The van der Waals surface area contributed by atoms with Crippen LogP contribution in [0.5, 0.6) is 0 Å². The Hall–Kier alpha value is -4.00. The standard InChI is InChI=1S/C26H24N2O5/c1-16-12-13-20-21(15-16)26(32)28(25(20)31)14-6-11-23(29)33-17(2)24(30)27-22-10-5-8-18-7-3-4-9-19(18)22/h3-5,7-10,12-13,15,17H,6,11,14H2,1-2H3,(H,27,30). The molecule has 1 aliphatic rings. The molecule has 0 spiro atoms. The molecular weight excluding hydrogens is 420 g/mol. The summed E-state index contributed by atoms with van der Waals surface area (Å²) in [5.41, 5.74) is 2.31. The first kappa shape index (κ1) is 22.2. The normalized spacial score (nSPS) is 13.7. The molecule has 1 unspecified atom stereocenters. The second-order valence-electron chi connectivity index (χ2n) is 8.06. The summed E-state index contributed by atoms with van der Waals surface area (Å²) in [6.45, 7) is 3.47. The minimum atomic E-state index is -0.987. The average molecular weight is 444 g/mol. The Morgan fingerprint density at radius 2 is 1.70 bits per heavy atom. The van der Waals surface area contributed by atoms with Gasteiger partial charge in [-0.2, -0.15) is 0 Å². The van der Waals surface area contributed by atoms with E-state index in [0.717, 1.165) is 21.2 Å². The zero-order valence-electron chi connectivity index (χ0n) is 18.5. The number of rotatable bonds is 7. The number of nitrogens with zero attached hydrogens (tertiary/aromatic N) is 1. The monoisotopic (exact) mass is 444 g/mol. The molecule has 0 saturated carbocycles. The maximum absolute atomic E-state index is 12.5. The highest BCUT2D eigenvalue weighted by Crippen LogP contribution is 2.25. The van der Waals surface area contributed by atoms with Gasteiger partial charge in [0.2, 0.25) is 0 Å². The molecule has 3 amide bonds. The maximum Gasteiger partial charge on any atom is 0.306 e. The number of aryl methyl sites for hydroxylation is 1. The Bertz CT molecular complexity index is 1260. The largest absolute Gasteiger partial charge is 0.453 e. The van der Waals surface area contributed by atoms with E-state index in [1.54, 1.807) is 24.3 Å². The number of benzene rings is 3. The van der Waals surface area contributed by atoms with Crippen molar-refractivity contribution >= 4 is 40.2 Å². The van der Waals surface area contributed by atoms with Crippen molar-refractivity contribution in [2.24, 2.45) is 0 Å². The highest BCUT2D eigenvalue weighted by atomic mass is 16.5. The Labute approximate surface area is 191 Å². The van der Waals surface area contributed by atoms with Crippen LogP contribution in [0, 0.1) is 6.92 Å². The van der Waals surface area contributed by atoms with Gasteiger partial charge in [0, 0.05) is 24.0 Å². The summed E-state index contributed by atoms with van der Waals surface area (Å²) in [4.78, 5) is 50.9. The fourth-order valence-electron chi connectivity index (χ4n) is 3.87. The summed E-state index contributed by atoms with van der Waals surface area (Å²) in [5.74, 6) is -1.71. The second-order valence-corrected chi connectivity index (χ2v) is 8.06. The van der Waals surface area contributed by atoms with Crippen LogP contribution in [-0.4, -0.2) is 41.2 Å². The lowest BCUT2D eigenvalue weighted by Crippen LogP contribution is -2.32. The van der Waals surface area contributed by atoms with Crippen molar-refractivity contribution in [2.45, 2.75) is 32.8 Å². The van der Waals surface area contributed by atoms with Gasteiger partial charge in [-0.3, -0.25) is 24.1 Å². The number of carbonyl (C=O) groups is 4. The van der Waals surface area contributed by atoms with Gasteiger partial charge in [-0.1, -0.05) is 48.0 Å². The number of amides is 3. The molecule has 3 aromatic carbocycles. The van der Waals surface area contributed by atoms with Crippen LogP contribution >= 0.6 is 0 Å². The number of ether oxygens (including phenoxy) is 1. The highest BCUT2D eigenvalue weighted by molar-refractivity contribution is 6.21. The van der Waals surface area contributed by atoms with Gasteiger partial charge in [0.1, 0.15) is 0 Å². The van der Waals surface area contributed by atoms with Crippen molar-refractivity contribution in [3.8, 4) is 0 Å². The molecular formula is C26H24N2O5. The van der Waals surface area contributed by atoms with Crippen molar-refractivity contribution in [1.29, 1.82) is 0 Å². The van der Waals surface area contributed by atoms with E-state index in [1.807, 2.05) is 43.3 Å². The molecule has 0 saturated heterocycles. The Morgan fingerprint density at radius 1 is 0.970 bits per heavy atom. The molecule has 0 radical (unpaired) electrons. The van der Waals surface area contributed by atoms with Crippen molar-refractivity contribution in [3.05, 3.63) is 77.4 Å². The van der Waals surface area contributed by atoms with Crippen LogP contribution < -0.4 is 5.32 Å². The molecule has 4 rings (SSSR count). The fourth-order valence-corrected chi connectivity index (χ4v) is 3.87. The summed E-state index contributed by atoms with van der Waals surface area (Å²) in [5, 5.41) is 4.68. The summed E-state index contributed by atoms with van der Waals surface area (Å²) in [6.07, 6.45) is -0.752. The SMILES string of the molecule is Cc1ccc2c(c1)C(=O)N(CCCC(=O)OC(C)C(=O)Nc1cccc3ccccc13)C2=O. The predicted octanol–water partition coefficient (Wildman–Crippen LogP) is 4.09. The van der Waals surface area contributed by atoms with E-state index in [4.69, 9.17) is 4.74 Å². The Morgan fingerprint density at radius 3 is 2.52 bits per heavy atom. The number of fused-ring (bicyclic) bond motifs is 2. The fraction of sp³-hybridized carbons (Fsp3) is 0.231. The summed E-state index contributed by atoms with van der Waals surface area (Å²) < 4.78 is 5.25. The molecule has 1 N–H and O–H groups in total. The first-order valence-corrected chi connectivity index (χ1v) is 10.8. The Balaban J connectivity index is 1.28. The van der Waals surface area contributed by atoms with Crippen LogP contribution in [0.4, 0.5) is 5.69 Å². The highest BCUT2D eigenvalue weighted by Gasteiger charge is 2.35.